The van der Waals surface area contributed by atoms with Gasteiger partial charge in [0.25, 0.3) is 0 Å². The number of rotatable bonds is 2. The fraction of sp³-hybridized carbons (Fsp3) is 0.167. The summed E-state index contributed by atoms with van der Waals surface area (Å²) < 4.78 is 4.98. The van der Waals surface area contributed by atoms with Crippen molar-refractivity contribution in [2.24, 2.45) is 5.92 Å². The molecule has 1 aliphatic rings. The SMILES string of the molecule is C1=CC(Cc2ccccc2)C=CO1. The van der Waals surface area contributed by atoms with Crippen molar-refractivity contribution in [2.75, 3.05) is 0 Å². The molecule has 0 spiro atoms. The fourth-order valence-corrected chi connectivity index (χ4v) is 1.42. The molecule has 0 aromatic heterocycles. The maximum atomic E-state index is 4.98. The van der Waals surface area contributed by atoms with Gasteiger partial charge in [-0.15, -0.1) is 0 Å². The van der Waals surface area contributed by atoms with Crippen LogP contribution in [0.2, 0.25) is 0 Å². The van der Waals surface area contributed by atoms with Gasteiger partial charge in [-0.3, -0.25) is 0 Å². The lowest BCUT2D eigenvalue weighted by Crippen LogP contribution is -2.00. The second-order valence-corrected chi connectivity index (χ2v) is 3.15. The molecule has 1 aromatic rings. The summed E-state index contributed by atoms with van der Waals surface area (Å²) in [5, 5.41) is 0. The molecular formula is C12H12O. The highest BCUT2D eigenvalue weighted by atomic mass is 16.5. The first-order chi connectivity index (χ1) is 6.45. The predicted molar refractivity (Wildman–Crippen MR) is 53.0 cm³/mol. The van der Waals surface area contributed by atoms with Gasteiger partial charge in [-0.2, -0.15) is 0 Å². The first-order valence-electron chi connectivity index (χ1n) is 4.48. The molecule has 1 nitrogen and oxygen atoms in total. The lowest BCUT2D eigenvalue weighted by atomic mass is 9.99. The molecule has 0 N–H and O–H groups in total. The third kappa shape index (κ3) is 2.22. The van der Waals surface area contributed by atoms with Gasteiger partial charge >= 0.3 is 0 Å². The van der Waals surface area contributed by atoms with Gasteiger partial charge in [-0.25, -0.2) is 0 Å². The van der Waals surface area contributed by atoms with E-state index in [1.165, 1.54) is 5.56 Å². The van der Waals surface area contributed by atoms with Gasteiger partial charge in [0.15, 0.2) is 0 Å². The van der Waals surface area contributed by atoms with Gasteiger partial charge in [0.05, 0.1) is 12.5 Å². The highest BCUT2D eigenvalue weighted by molar-refractivity contribution is 5.18. The minimum absolute atomic E-state index is 0.483. The molecule has 0 atom stereocenters. The average molecular weight is 172 g/mol. The normalized spacial score (nSPS) is 15.7. The Balaban J connectivity index is 2.02. The van der Waals surface area contributed by atoms with Gasteiger partial charge < -0.3 is 4.74 Å². The molecule has 1 heterocycles. The van der Waals surface area contributed by atoms with E-state index in [9.17, 15) is 0 Å². The van der Waals surface area contributed by atoms with Crippen molar-refractivity contribution in [2.45, 2.75) is 6.42 Å². The van der Waals surface area contributed by atoms with Crippen molar-refractivity contribution in [3.05, 3.63) is 60.6 Å². The second-order valence-electron chi connectivity index (χ2n) is 3.15. The molecule has 1 aromatic carbocycles. The summed E-state index contributed by atoms with van der Waals surface area (Å²) >= 11 is 0. The van der Waals surface area contributed by atoms with Crippen LogP contribution >= 0.6 is 0 Å². The zero-order chi connectivity index (χ0) is 8.93. The van der Waals surface area contributed by atoms with Crippen LogP contribution in [0.25, 0.3) is 0 Å². The van der Waals surface area contributed by atoms with E-state index in [0.29, 0.717) is 5.92 Å². The number of benzene rings is 1. The molecule has 0 bridgehead atoms. The Morgan fingerprint density at radius 3 is 2.38 bits per heavy atom. The van der Waals surface area contributed by atoms with Crippen LogP contribution in [0.4, 0.5) is 0 Å². The quantitative estimate of drug-likeness (QED) is 0.666. The molecule has 1 aliphatic heterocycles. The molecule has 0 saturated heterocycles. The molecule has 2 rings (SSSR count). The van der Waals surface area contributed by atoms with Gasteiger partial charge in [0.2, 0.25) is 0 Å². The van der Waals surface area contributed by atoms with Crippen molar-refractivity contribution in [1.29, 1.82) is 0 Å². The highest BCUT2D eigenvalue weighted by Gasteiger charge is 2.04. The van der Waals surface area contributed by atoms with Gasteiger partial charge in [0, 0.05) is 5.92 Å². The summed E-state index contributed by atoms with van der Waals surface area (Å²) in [6.45, 7) is 0. The lowest BCUT2D eigenvalue weighted by molar-refractivity contribution is 0.383. The monoisotopic (exact) mass is 172 g/mol. The maximum Gasteiger partial charge on any atom is 0.0867 e. The second kappa shape index (κ2) is 3.94. The van der Waals surface area contributed by atoms with E-state index in [-0.39, 0.29) is 0 Å². The van der Waals surface area contributed by atoms with Crippen molar-refractivity contribution in [3.8, 4) is 0 Å². The van der Waals surface area contributed by atoms with Gasteiger partial charge in [-0.1, -0.05) is 30.3 Å². The summed E-state index contributed by atoms with van der Waals surface area (Å²) in [7, 11) is 0. The van der Waals surface area contributed by atoms with E-state index >= 15 is 0 Å². The van der Waals surface area contributed by atoms with Crippen LogP contribution in [-0.2, 0) is 11.2 Å². The number of hydrogen-bond acceptors (Lipinski definition) is 1. The largest absolute Gasteiger partial charge is 0.473 e. The molecule has 0 aliphatic carbocycles. The molecular weight excluding hydrogens is 160 g/mol. The minimum Gasteiger partial charge on any atom is -0.473 e. The topological polar surface area (TPSA) is 9.23 Å². The third-order valence-electron chi connectivity index (χ3n) is 2.12. The molecule has 0 fully saturated rings. The van der Waals surface area contributed by atoms with Crippen LogP contribution in [0.1, 0.15) is 5.56 Å². The van der Waals surface area contributed by atoms with E-state index in [1.807, 2.05) is 6.07 Å². The van der Waals surface area contributed by atoms with Crippen LogP contribution in [0.15, 0.2) is 55.0 Å². The van der Waals surface area contributed by atoms with E-state index in [0.717, 1.165) is 6.42 Å². The first-order valence-corrected chi connectivity index (χ1v) is 4.48. The number of hydrogen-bond donors (Lipinski definition) is 0. The maximum absolute atomic E-state index is 4.98. The Morgan fingerprint density at radius 1 is 1.00 bits per heavy atom. The highest BCUT2D eigenvalue weighted by Crippen LogP contribution is 2.14. The third-order valence-corrected chi connectivity index (χ3v) is 2.12. The zero-order valence-corrected chi connectivity index (χ0v) is 7.39. The van der Waals surface area contributed by atoms with E-state index in [4.69, 9.17) is 4.74 Å². The standard InChI is InChI=1S/C12H12O/c1-2-4-11(5-3-1)10-12-6-8-13-9-7-12/h1-9,12H,10H2. The molecule has 1 heteroatoms. The summed E-state index contributed by atoms with van der Waals surface area (Å²) in [4.78, 5) is 0. The smallest absolute Gasteiger partial charge is 0.0867 e. The van der Waals surface area contributed by atoms with E-state index in [1.54, 1.807) is 12.5 Å². The van der Waals surface area contributed by atoms with Crippen LogP contribution in [0.3, 0.4) is 0 Å². The van der Waals surface area contributed by atoms with Crippen LogP contribution in [0, 0.1) is 5.92 Å². The molecule has 0 unspecified atom stereocenters. The Morgan fingerprint density at radius 2 is 1.69 bits per heavy atom. The molecule has 66 valence electrons. The van der Waals surface area contributed by atoms with Crippen molar-refractivity contribution in [3.63, 3.8) is 0 Å². The summed E-state index contributed by atoms with van der Waals surface area (Å²) in [5.41, 5.74) is 1.36. The molecule has 13 heavy (non-hydrogen) atoms. The zero-order valence-electron chi connectivity index (χ0n) is 7.39. The summed E-state index contributed by atoms with van der Waals surface area (Å²) in [6, 6.07) is 10.5. The number of ether oxygens (including phenoxy) is 1. The predicted octanol–water partition coefficient (Wildman–Crippen LogP) is 2.90. The molecule has 0 amide bonds. The van der Waals surface area contributed by atoms with E-state index < -0.39 is 0 Å². The molecule has 0 radical (unpaired) electrons. The van der Waals surface area contributed by atoms with Crippen molar-refractivity contribution in [1.82, 2.24) is 0 Å². The Kier molecular flexibility index (Phi) is 2.46. The first kappa shape index (κ1) is 8.11. The Hall–Kier alpha value is -1.50. The average Bonchev–Trinajstić information content (AvgIpc) is 2.21. The summed E-state index contributed by atoms with van der Waals surface area (Å²) in [5.74, 6) is 0.483. The fourth-order valence-electron chi connectivity index (χ4n) is 1.42. The summed E-state index contributed by atoms with van der Waals surface area (Å²) in [6.07, 6.45) is 8.69. The lowest BCUT2D eigenvalue weighted by Gasteiger charge is -2.10. The van der Waals surface area contributed by atoms with E-state index in [2.05, 4.69) is 36.4 Å². The van der Waals surface area contributed by atoms with Gasteiger partial charge in [0.1, 0.15) is 0 Å². The molecule has 0 saturated carbocycles. The Bertz CT molecular complexity index is 299. The van der Waals surface area contributed by atoms with Crippen LogP contribution in [-0.4, -0.2) is 0 Å². The Labute approximate surface area is 78.3 Å². The van der Waals surface area contributed by atoms with Gasteiger partial charge in [-0.05, 0) is 24.1 Å². The minimum atomic E-state index is 0.483. The number of allylic oxidation sites excluding steroid dienone is 2. The van der Waals surface area contributed by atoms with Crippen LogP contribution in [0.5, 0.6) is 0 Å². The van der Waals surface area contributed by atoms with Crippen molar-refractivity contribution < 1.29 is 4.74 Å². The van der Waals surface area contributed by atoms with Crippen LogP contribution < -0.4 is 0 Å². The van der Waals surface area contributed by atoms with Crippen molar-refractivity contribution >= 4 is 0 Å².